The van der Waals surface area contributed by atoms with E-state index in [9.17, 15) is 4.79 Å². The van der Waals surface area contributed by atoms with Crippen LogP contribution in [0.2, 0.25) is 0 Å². The van der Waals surface area contributed by atoms with Crippen molar-refractivity contribution in [3.8, 4) is 5.75 Å². The number of anilines is 1. The zero-order valence-corrected chi connectivity index (χ0v) is 10.5. The van der Waals surface area contributed by atoms with Crippen molar-refractivity contribution < 1.29 is 14.6 Å². The lowest BCUT2D eigenvalue weighted by atomic mass is 10.1. The molecule has 0 spiro atoms. The summed E-state index contributed by atoms with van der Waals surface area (Å²) in [5, 5.41) is 9.00. The van der Waals surface area contributed by atoms with Gasteiger partial charge >= 0.3 is 5.97 Å². The fourth-order valence-corrected chi connectivity index (χ4v) is 2.78. The minimum absolute atomic E-state index is 0.211. The first-order chi connectivity index (χ1) is 8.22. The van der Waals surface area contributed by atoms with Crippen LogP contribution in [0.5, 0.6) is 5.75 Å². The first-order valence-electron chi connectivity index (χ1n) is 5.46. The lowest BCUT2D eigenvalue weighted by Crippen LogP contribution is -2.32. The van der Waals surface area contributed by atoms with Gasteiger partial charge in [0.05, 0.1) is 7.11 Å². The highest BCUT2D eigenvalue weighted by molar-refractivity contribution is 7.99. The molecule has 0 atom stereocenters. The molecule has 1 aromatic carbocycles. The minimum Gasteiger partial charge on any atom is -0.496 e. The first-order valence-corrected chi connectivity index (χ1v) is 6.62. The molecule has 0 amide bonds. The van der Waals surface area contributed by atoms with Gasteiger partial charge in [-0.1, -0.05) is 0 Å². The topological polar surface area (TPSA) is 49.8 Å². The largest absolute Gasteiger partial charge is 0.496 e. The number of carbonyl (C=O) groups is 1. The van der Waals surface area contributed by atoms with Gasteiger partial charge < -0.3 is 14.7 Å². The Labute approximate surface area is 105 Å². The van der Waals surface area contributed by atoms with E-state index < -0.39 is 5.97 Å². The van der Waals surface area contributed by atoms with Gasteiger partial charge in [-0.2, -0.15) is 11.8 Å². The third-order valence-corrected chi connectivity index (χ3v) is 3.73. The normalized spacial score (nSPS) is 15.7. The standard InChI is InChI=1S/C12H15NO3S/c1-16-11-8-9(2-3-10(11)12(14)15)13-4-6-17-7-5-13/h2-3,8H,4-7H2,1H3,(H,14,15). The van der Waals surface area contributed by atoms with Gasteiger partial charge in [0, 0.05) is 36.3 Å². The van der Waals surface area contributed by atoms with Crippen LogP contribution >= 0.6 is 11.8 Å². The van der Waals surface area contributed by atoms with Crippen molar-refractivity contribution in [3.63, 3.8) is 0 Å². The minimum atomic E-state index is -0.956. The number of rotatable bonds is 3. The third-order valence-electron chi connectivity index (χ3n) is 2.79. The molecule has 1 saturated heterocycles. The molecule has 0 radical (unpaired) electrons. The molecule has 0 aliphatic carbocycles. The molecular formula is C12H15NO3S. The number of aromatic carboxylic acids is 1. The second-order valence-corrected chi connectivity index (χ2v) is 5.01. The average molecular weight is 253 g/mol. The van der Waals surface area contributed by atoms with Crippen molar-refractivity contribution in [1.29, 1.82) is 0 Å². The Bertz CT molecular complexity index is 416. The van der Waals surface area contributed by atoms with Crippen LogP contribution in [-0.2, 0) is 0 Å². The Morgan fingerprint density at radius 3 is 2.71 bits per heavy atom. The van der Waals surface area contributed by atoms with E-state index >= 15 is 0 Å². The number of nitrogens with zero attached hydrogens (tertiary/aromatic N) is 1. The van der Waals surface area contributed by atoms with Gasteiger partial charge in [-0.15, -0.1) is 0 Å². The Morgan fingerprint density at radius 2 is 2.12 bits per heavy atom. The zero-order valence-electron chi connectivity index (χ0n) is 9.68. The van der Waals surface area contributed by atoms with E-state index in [0.717, 1.165) is 30.3 Å². The number of thioether (sulfide) groups is 1. The number of methoxy groups -OCH3 is 1. The molecule has 1 fully saturated rings. The Morgan fingerprint density at radius 1 is 1.41 bits per heavy atom. The summed E-state index contributed by atoms with van der Waals surface area (Å²) in [5.41, 5.74) is 1.25. The molecule has 4 nitrogen and oxygen atoms in total. The van der Waals surface area contributed by atoms with E-state index in [0.29, 0.717) is 5.75 Å². The lowest BCUT2D eigenvalue weighted by molar-refractivity contribution is 0.0693. The van der Waals surface area contributed by atoms with Crippen LogP contribution in [0, 0.1) is 0 Å². The van der Waals surface area contributed by atoms with Gasteiger partial charge in [0.2, 0.25) is 0 Å². The van der Waals surface area contributed by atoms with Crippen molar-refractivity contribution in [2.24, 2.45) is 0 Å². The summed E-state index contributed by atoms with van der Waals surface area (Å²) in [6, 6.07) is 5.26. The van der Waals surface area contributed by atoms with Crippen LogP contribution in [0.15, 0.2) is 18.2 Å². The summed E-state index contributed by atoms with van der Waals surface area (Å²) >= 11 is 1.94. The van der Waals surface area contributed by atoms with Crippen LogP contribution in [0.1, 0.15) is 10.4 Å². The second-order valence-electron chi connectivity index (χ2n) is 3.79. The number of carboxylic acid groups (broad SMARTS) is 1. The molecule has 1 heterocycles. The summed E-state index contributed by atoms with van der Waals surface area (Å²) in [6.45, 7) is 2.00. The van der Waals surface area contributed by atoms with Crippen molar-refractivity contribution >= 4 is 23.4 Å². The number of ether oxygens (including phenoxy) is 1. The maximum atomic E-state index is 11.0. The number of benzene rings is 1. The second kappa shape index (κ2) is 5.31. The molecule has 0 saturated carbocycles. The number of hydrogen-bond donors (Lipinski definition) is 1. The highest BCUT2D eigenvalue weighted by atomic mass is 32.2. The van der Waals surface area contributed by atoms with Gasteiger partial charge in [0.1, 0.15) is 11.3 Å². The molecule has 2 rings (SSSR count). The highest BCUT2D eigenvalue weighted by Crippen LogP contribution is 2.27. The van der Waals surface area contributed by atoms with Crippen molar-refractivity contribution in [2.45, 2.75) is 0 Å². The molecule has 5 heteroatoms. The molecule has 92 valence electrons. The number of hydrogen-bond acceptors (Lipinski definition) is 4. The summed E-state index contributed by atoms with van der Waals surface area (Å²) in [4.78, 5) is 13.2. The van der Waals surface area contributed by atoms with Crippen molar-refractivity contribution in [2.75, 3.05) is 36.6 Å². The van der Waals surface area contributed by atoms with E-state index in [1.54, 1.807) is 12.1 Å². The van der Waals surface area contributed by atoms with Crippen molar-refractivity contribution in [1.82, 2.24) is 0 Å². The number of carboxylic acids is 1. The maximum absolute atomic E-state index is 11.0. The van der Waals surface area contributed by atoms with E-state index in [1.807, 2.05) is 17.8 Å². The lowest BCUT2D eigenvalue weighted by Gasteiger charge is -2.28. The van der Waals surface area contributed by atoms with Crippen LogP contribution in [-0.4, -0.2) is 42.8 Å². The first kappa shape index (κ1) is 12.1. The van der Waals surface area contributed by atoms with E-state index in [-0.39, 0.29) is 5.56 Å². The Balaban J connectivity index is 2.27. The molecule has 1 aliphatic heterocycles. The monoisotopic (exact) mass is 253 g/mol. The third kappa shape index (κ3) is 2.66. The van der Waals surface area contributed by atoms with Gasteiger partial charge in [-0.05, 0) is 12.1 Å². The van der Waals surface area contributed by atoms with Crippen LogP contribution < -0.4 is 9.64 Å². The van der Waals surface area contributed by atoms with Crippen LogP contribution in [0.3, 0.4) is 0 Å². The molecule has 17 heavy (non-hydrogen) atoms. The van der Waals surface area contributed by atoms with Gasteiger partial charge in [-0.25, -0.2) is 4.79 Å². The van der Waals surface area contributed by atoms with Crippen LogP contribution in [0.25, 0.3) is 0 Å². The molecule has 0 aromatic heterocycles. The van der Waals surface area contributed by atoms with Gasteiger partial charge in [-0.3, -0.25) is 0 Å². The SMILES string of the molecule is COc1cc(N2CCSCC2)ccc1C(=O)O. The predicted molar refractivity (Wildman–Crippen MR) is 69.5 cm³/mol. The van der Waals surface area contributed by atoms with Crippen LogP contribution in [0.4, 0.5) is 5.69 Å². The molecule has 0 bridgehead atoms. The fraction of sp³-hybridized carbons (Fsp3) is 0.417. The maximum Gasteiger partial charge on any atom is 0.339 e. The fourth-order valence-electron chi connectivity index (χ4n) is 1.87. The average Bonchev–Trinajstić information content (AvgIpc) is 2.39. The Kier molecular flexibility index (Phi) is 3.78. The quantitative estimate of drug-likeness (QED) is 0.892. The van der Waals surface area contributed by atoms with E-state index in [1.165, 1.54) is 7.11 Å². The van der Waals surface area contributed by atoms with Crippen molar-refractivity contribution in [3.05, 3.63) is 23.8 Å². The molecule has 1 aromatic rings. The van der Waals surface area contributed by atoms with Gasteiger partial charge in [0.15, 0.2) is 0 Å². The summed E-state index contributed by atoms with van der Waals surface area (Å²) in [7, 11) is 1.50. The molecule has 1 aliphatic rings. The summed E-state index contributed by atoms with van der Waals surface area (Å²) in [5.74, 6) is 1.70. The van der Waals surface area contributed by atoms with E-state index in [4.69, 9.17) is 9.84 Å². The summed E-state index contributed by atoms with van der Waals surface area (Å²) < 4.78 is 5.13. The molecular weight excluding hydrogens is 238 g/mol. The van der Waals surface area contributed by atoms with Gasteiger partial charge in [0.25, 0.3) is 0 Å². The zero-order chi connectivity index (χ0) is 12.3. The molecule has 1 N–H and O–H groups in total. The highest BCUT2D eigenvalue weighted by Gasteiger charge is 2.15. The van der Waals surface area contributed by atoms with E-state index in [2.05, 4.69) is 4.90 Å². The smallest absolute Gasteiger partial charge is 0.339 e. The summed E-state index contributed by atoms with van der Waals surface area (Å²) in [6.07, 6.45) is 0. The Hall–Kier alpha value is -1.36. The molecule has 0 unspecified atom stereocenters. The predicted octanol–water partition coefficient (Wildman–Crippen LogP) is 1.95.